The molecule has 1 saturated carbocycles. The molecule has 146 valence electrons. The van der Waals surface area contributed by atoms with Crippen LogP contribution in [0.4, 0.5) is 11.4 Å². The molecule has 2 fully saturated rings. The van der Waals surface area contributed by atoms with Crippen molar-refractivity contribution in [3.8, 4) is 0 Å². The van der Waals surface area contributed by atoms with E-state index in [0.717, 1.165) is 18.4 Å². The van der Waals surface area contributed by atoms with Crippen molar-refractivity contribution in [3.63, 3.8) is 0 Å². The van der Waals surface area contributed by atoms with Gasteiger partial charge >= 0.3 is 0 Å². The number of amides is 1. The van der Waals surface area contributed by atoms with E-state index >= 15 is 0 Å². The SMILES string of the molecule is CC1(c2ccccc2)CN(c2ccc(C(=O)NC3CC3)cc2[N+](=O)[O-])CCO1. The molecule has 1 amide bonds. The van der Waals surface area contributed by atoms with Gasteiger partial charge in [-0.3, -0.25) is 14.9 Å². The fraction of sp³-hybridized carbons (Fsp3) is 0.381. The summed E-state index contributed by atoms with van der Waals surface area (Å²) in [6.07, 6.45) is 1.94. The predicted octanol–water partition coefficient (Wildman–Crippen LogP) is 3.24. The van der Waals surface area contributed by atoms with E-state index in [1.165, 1.54) is 6.07 Å². The van der Waals surface area contributed by atoms with Crippen LogP contribution in [0.2, 0.25) is 0 Å². The summed E-state index contributed by atoms with van der Waals surface area (Å²) in [5.41, 5.74) is 1.25. The van der Waals surface area contributed by atoms with Crippen LogP contribution in [0.25, 0.3) is 0 Å². The largest absolute Gasteiger partial charge is 0.367 e. The molecule has 0 bridgehead atoms. The maximum Gasteiger partial charge on any atom is 0.293 e. The Morgan fingerprint density at radius 2 is 2.00 bits per heavy atom. The molecule has 7 heteroatoms. The molecule has 1 unspecified atom stereocenters. The first-order valence-electron chi connectivity index (χ1n) is 9.50. The van der Waals surface area contributed by atoms with Crippen molar-refractivity contribution < 1.29 is 14.5 Å². The van der Waals surface area contributed by atoms with Crippen molar-refractivity contribution in [3.05, 3.63) is 69.8 Å². The summed E-state index contributed by atoms with van der Waals surface area (Å²) in [6, 6.07) is 14.8. The number of hydrogen-bond donors (Lipinski definition) is 1. The number of hydrogen-bond acceptors (Lipinski definition) is 5. The van der Waals surface area contributed by atoms with Crippen molar-refractivity contribution in [2.75, 3.05) is 24.6 Å². The van der Waals surface area contributed by atoms with Crippen LogP contribution in [0, 0.1) is 10.1 Å². The van der Waals surface area contributed by atoms with Gasteiger partial charge in [0.05, 0.1) is 18.1 Å². The van der Waals surface area contributed by atoms with Crippen LogP contribution >= 0.6 is 0 Å². The Morgan fingerprint density at radius 1 is 1.25 bits per heavy atom. The molecule has 0 aromatic heterocycles. The van der Waals surface area contributed by atoms with Gasteiger partial charge in [-0.1, -0.05) is 30.3 Å². The summed E-state index contributed by atoms with van der Waals surface area (Å²) in [4.78, 5) is 25.6. The molecule has 1 atom stereocenters. The predicted molar refractivity (Wildman–Crippen MR) is 106 cm³/mol. The highest BCUT2D eigenvalue weighted by Gasteiger charge is 2.36. The number of benzene rings is 2. The fourth-order valence-corrected chi connectivity index (χ4v) is 3.62. The Hall–Kier alpha value is -2.93. The first-order valence-corrected chi connectivity index (χ1v) is 9.50. The van der Waals surface area contributed by atoms with Gasteiger partial charge in [-0.05, 0) is 37.5 Å². The normalized spacial score (nSPS) is 22.0. The standard InChI is InChI=1S/C21H23N3O4/c1-21(16-5-3-2-4-6-16)14-23(11-12-28-21)18-10-7-15(13-19(18)24(26)27)20(25)22-17-8-9-17/h2-7,10,13,17H,8-9,11-12,14H2,1H3,(H,22,25). The lowest BCUT2D eigenvalue weighted by Gasteiger charge is -2.41. The van der Waals surface area contributed by atoms with Gasteiger partial charge in [0.25, 0.3) is 11.6 Å². The Morgan fingerprint density at radius 3 is 2.68 bits per heavy atom. The summed E-state index contributed by atoms with van der Waals surface area (Å²) < 4.78 is 6.04. The van der Waals surface area contributed by atoms with E-state index in [4.69, 9.17) is 4.74 Å². The molecule has 7 nitrogen and oxygen atoms in total. The topological polar surface area (TPSA) is 84.7 Å². The highest BCUT2D eigenvalue weighted by molar-refractivity contribution is 5.96. The van der Waals surface area contributed by atoms with Crippen LogP contribution in [0.15, 0.2) is 48.5 Å². The molecule has 1 aliphatic carbocycles. The number of carbonyl (C=O) groups is 1. The number of carbonyl (C=O) groups excluding carboxylic acids is 1. The van der Waals surface area contributed by atoms with Crippen molar-refractivity contribution in [2.24, 2.45) is 0 Å². The van der Waals surface area contributed by atoms with Gasteiger partial charge < -0.3 is 15.0 Å². The smallest absolute Gasteiger partial charge is 0.293 e. The summed E-state index contributed by atoms with van der Waals surface area (Å²) >= 11 is 0. The third-order valence-corrected chi connectivity index (χ3v) is 5.35. The van der Waals surface area contributed by atoms with E-state index in [1.54, 1.807) is 12.1 Å². The molecule has 1 N–H and O–H groups in total. The molecule has 28 heavy (non-hydrogen) atoms. The Labute approximate surface area is 163 Å². The Balaban J connectivity index is 1.62. The summed E-state index contributed by atoms with van der Waals surface area (Å²) in [5.74, 6) is -0.256. The Bertz CT molecular complexity index is 898. The second-order valence-corrected chi connectivity index (χ2v) is 7.58. The van der Waals surface area contributed by atoms with Crippen molar-refractivity contribution in [1.82, 2.24) is 5.32 Å². The third kappa shape index (κ3) is 3.71. The molecule has 2 aromatic rings. The summed E-state index contributed by atoms with van der Waals surface area (Å²) in [5, 5.41) is 14.6. The zero-order valence-corrected chi connectivity index (χ0v) is 15.8. The van der Waals surface area contributed by atoms with Crippen LogP contribution in [-0.4, -0.2) is 36.6 Å². The van der Waals surface area contributed by atoms with E-state index in [2.05, 4.69) is 5.32 Å². The first-order chi connectivity index (χ1) is 13.5. The maximum absolute atomic E-state index is 12.3. The number of rotatable bonds is 5. The minimum atomic E-state index is -0.560. The van der Waals surface area contributed by atoms with Gasteiger partial charge in [-0.2, -0.15) is 0 Å². The number of nitro groups is 1. The molecular formula is C21H23N3O4. The fourth-order valence-electron chi connectivity index (χ4n) is 3.62. The zero-order chi connectivity index (χ0) is 19.7. The highest BCUT2D eigenvalue weighted by atomic mass is 16.6. The third-order valence-electron chi connectivity index (χ3n) is 5.35. The lowest BCUT2D eigenvalue weighted by atomic mass is 9.93. The number of nitrogens with one attached hydrogen (secondary N) is 1. The van der Waals surface area contributed by atoms with Crippen LogP contribution in [-0.2, 0) is 10.3 Å². The quantitative estimate of drug-likeness (QED) is 0.635. The number of nitro benzene ring substituents is 1. The van der Waals surface area contributed by atoms with Gasteiger partial charge in [0.15, 0.2) is 0 Å². The van der Waals surface area contributed by atoms with E-state index in [0.29, 0.717) is 30.9 Å². The number of nitrogens with zero attached hydrogens (tertiary/aromatic N) is 2. The van der Waals surface area contributed by atoms with Gasteiger partial charge in [0.2, 0.25) is 0 Å². The van der Waals surface area contributed by atoms with E-state index in [9.17, 15) is 14.9 Å². The van der Waals surface area contributed by atoms with Crippen LogP contribution in [0.1, 0.15) is 35.7 Å². The maximum atomic E-state index is 12.3. The monoisotopic (exact) mass is 381 g/mol. The number of ether oxygens (including phenoxy) is 1. The Kier molecular flexibility index (Phi) is 4.77. The minimum absolute atomic E-state index is 0.0549. The first kappa shape index (κ1) is 18.4. The van der Waals surface area contributed by atoms with E-state index in [-0.39, 0.29) is 17.6 Å². The van der Waals surface area contributed by atoms with E-state index in [1.807, 2.05) is 42.2 Å². The minimum Gasteiger partial charge on any atom is -0.367 e. The average Bonchev–Trinajstić information content (AvgIpc) is 3.52. The molecule has 2 aliphatic rings. The summed E-state index contributed by atoms with van der Waals surface area (Å²) in [7, 11) is 0. The van der Waals surface area contributed by atoms with Gasteiger partial charge in [-0.25, -0.2) is 0 Å². The van der Waals surface area contributed by atoms with Gasteiger partial charge in [0.1, 0.15) is 11.3 Å². The number of anilines is 1. The van der Waals surface area contributed by atoms with Gasteiger partial charge in [0, 0.05) is 24.2 Å². The van der Waals surface area contributed by atoms with Crippen LogP contribution in [0.3, 0.4) is 0 Å². The molecule has 0 spiro atoms. The van der Waals surface area contributed by atoms with Crippen LogP contribution < -0.4 is 10.2 Å². The van der Waals surface area contributed by atoms with Crippen molar-refractivity contribution in [2.45, 2.75) is 31.4 Å². The number of morpholine rings is 1. The van der Waals surface area contributed by atoms with Crippen molar-refractivity contribution >= 4 is 17.3 Å². The average molecular weight is 381 g/mol. The summed E-state index contributed by atoms with van der Waals surface area (Å²) in [6.45, 7) is 3.51. The molecule has 4 rings (SSSR count). The molecular weight excluding hydrogens is 358 g/mol. The second-order valence-electron chi connectivity index (χ2n) is 7.58. The lowest BCUT2D eigenvalue weighted by Crippen LogP contribution is -2.48. The van der Waals surface area contributed by atoms with Crippen LogP contribution in [0.5, 0.6) is 0 Å². The molecule has 1 heterocycles. The molecule has 2 aromatic carbocycles. The molecule has 1 aliphatic heterocycles. The van der Waals surface area contributed by atoms with Gasteiger partial charge in [-0.15, -0.1) is 0 Å². The highest BCUT2D eigenvalue weighted by Crippen LogP contribution is 2.36. The molecule has 1 saturated heterocycles. The zero-order valence-electron chi connectivity index (χ0n) is 15.8. The van der Waals surface area contributed by atoms with Crippen molar-refractivity contribution in [1.29, 1.82) is 0 Å². The lowest BCUT2D eigenvalue weighted by molar-refractivity contribution is -0.384. The second kappa shape index (κ2) is 7.24. The van der Waals surface area contributed by atoms with E-state index < -0.39 is 10.5 Å². The molecule has 0 radical (unpaired) electrons.